The molecule has 16 heavy (non-hydrogen) atoms. The molecule has 1 N–H and O–H groups in total. The second-order valence-corrected chi connectivity index (χ2v) is 4.76. The van der Waals surface area contributed by atoms with Gasteiger partial charge in [-0.05, 0) is 32.6 Å². The maximum Gasteiger partial charge on any atom is 0.239 e. The first-order valence-corrected chi connectivity index (χ1v) is 6.49. The standard InChI is InChI=1S/C12H22N2O2/c1-2-14(10-7-8-10)12(15)9-13-16-11-5-3-4-6-11/h10-11,13H,2-9H2,1H3. The summed E-state index contributed by atoms with van der Waals surface area (Å²) in [6.45, 7) is 3.17. The van der Waals surface area contributed by atoms with Gasteiger partial charge in [-0.15, -0.1) is 0 Å². The van der Waals surface area contributed by atoms with Crippen LogP contribution in [0.1, 0.15) is 45.4 Å². The van der Waals surface area contributed by atoms with Crippen LogP contribution >= 0.6 is 0 Å². The van der Waals surface area contributed by atoms with Gasteiger partial charge in [-0.3, -0.25) is 9.63 Å². The molecule has 0 aromatic heterocycles. The number of nitrogens with one attached hydrogen (secondary N) is 1. The second-order valence-electron chi connectivity index (χ2n) is 4.76. The van der Waals surface area contributed by atoms with Crippen LogP contribution in [0.2, 0.25) is 0 Å². The molecule has 0 radical (unpaired) electrons. The Balaban J connectivity index is 1.62. The Morgan fingerprint density at radius 2 is 2.00 bits per heavy atom. The van der Waals surface area contributed by atoms with Gasteiger partial charge in [0.05, 0.1) is 6.10 Å². The smallest absolute Gasteiger partial charge is 0.239 e. The average Bonchev–Trinajstić information content (AvgIpc) is 2.96. The Kier molecular flexibility index (Phi) is 4.18. The van der Waals surface area contributed by atoms with Crippen molar-refractivity contribution < 1.29 is 9.63 Å². The van der Waals surface area contributed by atoms with E-state index in [0.717, 1.165) is 19.4 Å². The quantitative estimate of drug-likeness (QED) is 0.697. The minimum absolute atomic E-state index is 0.169. The van der Waals surface area contributed by atoms with Crippen molar-refractivity contribution in [3.05, 3.63) is 0 Å². The lowest BCUT2D eigenvalue weighted by molar-refractivity contribution is -0.134. The highest BCUT2D eigenvalue weighted by Gasteiger charge is 2.31. The Labute approximate surface area is 97.3 Å². The van der Waals surface area contributed by atoms with E-state index in [2.05, 4.69) is 5.48 Å². The highest BCUT2D eigenvalue weighted by molar-refractivity contribution is 5.78. The zero-order valence-electron chi connectivity index (χ0n) is 10.1. The molecule has 0 aliphatic heterocycles. The molecule has 0 spiro atoms. The fourth-order valence-electron chi connectivity index (χ4n) is 2.35. The molecule has 92 valence electrons. The van der Waals surface area contributed by atoms with E-state index in [-0.39, 0.29) is 5.91 Å². The van der Waals surface area contributed by atoms with Crippen LogP contribution in [0.25, 0.3) is 0 Å². The molecule has 0 unspecified atom stereocenters. The summed E-state index contributed by atoms with van der Waals surface area (Å²) >= 11 is 0. The topological polar surface area (TPSA) is 41.6 Å². The second kappa shape index (κ2) is 5.64. The first-order chi connectivity index (χ1) is 7.81. The van der Waals surface area contributed by atoms with Crippen LogP contribution in [-0.2, 0) is 9.63 Å². The third-order valence-electron chi connectivity index (χ3n) is 3.42. The summed E-state index contributed by atoms with van der Waals surface area (Å²) in [4.78, 5) is 19.2. The Hall–Kier alpha value is -0.610. The van der Waals surface area contributed by atoms with Crippen LogP contribution in [-0.4, -0.2) is 36.0 Å². The van der Waals surface area contributed by atoms with Gasteiger partial charge in [0.2, 0.25) is 5.91 Å². The van der Waals surface area contributed by atoms with E-state index in [1.54, 1.807) is 0 Å². The van der Waals surface area contributed by atoms with E-state index in [1.165, 1.54) is 25.7 Å². The van der Waals surface area contributed by atoms with Gasteiger partial charge in [-0.2, -0.15) is 5.48 Å². The summed E-state index contributed by atoms with van der Waals surface area (Å²) in [7, 11) is 0. The first kappa shape index (κ1) is 11.9. The zero-order chi connectivity index (χ0) is 11.4. The molecule has 4 nitrogen and oxygen atoms in total. The Morgan fingerprint density at radius 1 is 1.31 bits per heavy atom. The summed E-state index contributed by atoms with van der Waals surface area (Å²) in [5.74, 6) is 0.169. The highest BCUT2D eigenvalue weighted by Crippen LogP contribution is 2.26. The fourth-order valence-corrected chi connectivity index (χ4v) is 2.35. The molecule has 0 heterocycles. The lowest BCUT2D eigenvalue weighted by atomic mass is 10.3. The molecule has 1 amide bonds. The van der Waals surface area contributed by atoms with E-state index < -0.39 is 0 Å². The minimum atomic E-state index is 0.169. The van der Waals surface area contributed by atoms with E-state index >= 15 is 0 Å². The van der Waals surface area contributed by atoms with Crippen LogP contribution in [0.4, 0.5) is 0 Å². The molecule has 2 fully saturated rings. The average molecular weight is 226 g/mol. The molecule has 2 rings (SSSR count). The van der Waals surface area contributed by atoms with Crippen molar-refractivity contribution in [3.63, 3.8) is 0 Å². The van der Waals surface area contributed by atoms with Gasteiger partial charge in [-0.1, -0.05) is 12.8 Å². The van der Waals surface area contributed by atoms with Crippen molar-refractivity contribution in [3.8, 4) is 0 Å². The predicted octanol–water partition coefficient (Wildman–Crippen LogP) is 1.46. The van der Waals surface area contributed by atoms with Gasteiger partial charge in [0.15, 0.2) is 0 Å². The largest absolute Gasteiger partial charge is 0.339 e. The lowest BCUT2D eigenvalue weighted by Crippen LogP contribution is -2.40. The number of amides is 1. The Bertz CT molecular complexity index is 235. The van der Waals surface area contributed by atoms with Crippen LogP contribution < -0.4 is 5.48 Å². The number of hydroxylamine groups is 1. The molecule has 2 aliphatic rings. The number of nitrogens with zero attached hydrogens (tertiary/aromatic N) is 1. The normalized spacial score (nSPS) is 21.3. The summed E-state index contributed by atoms with van der Waals surface area (Å²) < 4.78 is 0. The van der Waals surface area contributed by atoms with E-state index in [4.69, 9.17) is 4.84 Å². The molecule has 0 bridgehead atoms. The van der Waals surface area contributed by atoms with E-state index in [1.807, 2.05) is 11.8 Å². The summed E-state index contributed by atoms with van der Waals surface area (Å²) in [5.41, 5.74) is 2.83. The lowest BCUT2D eigenvalue weighted by Gasteiger charge is -2.21. The molecule has 2 saturated carbocycles. The van der Waals surface area contributed by atoms with Crippen molar-refractivity contribution in [2.75, 3.05) is 13.1 Å². The maximum absolute atomic E-state index is 11.8. The summed E-state index contributed by atoms with van der Waals surface area (Å²) in [6, 6.07) is 0.505. The van der Waals surface area contributed by atoms with Gasteiger partial charge in [0.25, 0.3) is 0 Å². The van der Waals surface area contributed by atoms with Crippen molar-refractivity contribution in [1.29, 1.82) is 0 Å². The zero-order valence-corrected chi connectivity index (χ0v) is 10.1. The van der Waals surface area contributed by atoms with Gasteiger partial charge < -0.3 is 4.90 Å². The van der Waals surface area contributed by atoms with Crippen molar-refractivity contribution in [2.45, 2.75) is 57.6 Å². The van der Waals surface area contributed by atoms with Crippen LogP contribution in [0, 0.1) is 0 Å². The van der Waals surface area contributed by atoms with Gasteiger partial charge in [0, 0.05) is 12.6 Å². The minimum Gasteiger partial charge on any atom is -0.339 e. The molecular weight excluding hydrogens is 204 g/mol. The maximum atomic E-state index is 11.8. The molecular formula is C12H22N2O2. The summed E-state index contributed by atoms with van der Waals surface area (Å²) in [5, 5.41) is 0. The van der Waals surface area contributed by atoms with Crippen LogP contribution in [0.3, 0.4) is 0 Å². The number of carbonyl (C=O) groups is 1. The third kappa shape index (κ3) is 3.19. The monoisotopic (exact) mass is 226 g/mol. The van der Waals surface area contributed by atoms with Crippen molar-refractivity contribution in [1.82, 2.24) is 10.4 Å². The van der Waals surface area contributed by atoms with Crippen LogP contribution in [0.5, 0.6) is 0 Å². The number of hydrogen-bond acceptors (Lipinski definition) is 3. The molecule has 0 atom stereocenters. The summed E-state index contributed by atoms with van der Waals surface area (Å²) in [6.07, 6.45) is 7.42. The van der Waals surface area contributed by atoms with E-state index in [9.17, 15) is 4.79 Å². The van der Waals surface area contributed by atoms with Crippen molar-refractivity contribution >= 4 is 5.91 Å². The molecule has 0 aromatic rings. The molecule has 2 aliphatic carbocycles. The van der Waals surface area contributed by atoms with E-state index in [0.29, 0.717) is 18.7 Å². The number of carbonyl (C=O) groups excluding carboxylic acids is 1. The Morgan fingerprint density at radius 3 is 2.56 bits per heavy atom. The third-order valence-corrected chi connectivity index (χ3v) is 3.42. The van der Waals surface area contributed by atoms with Crippen molar-refractivity contribution in [2.24, 2.45) is 0 Å². The van der Waals surface area contributed by atoms with Gasteiger partial charge >= 0.3 is 0 Å². The number of hydrogen-bond donors (Lipinski definition) is 1. The van der Waals surface area contributed by atoms with Gasteiger partial charge in [0.1, 0.15) is 6.54 Å². The first-order valence-electron chi connectivity index (χ1n) is 6.49. The van der Waals surface area contributed by atoms with Crippen LogP contribution in [0.15, 0.2) is 0 Å². The molecule has 0 aromatic carbocycles. The molecule has 0 saturated heterocycles. The SMILES string of the molecule is CCN(C(=O)CNOC1CCCC1)C1CC1. The molecule has 4 heteroatoms. The predicted molar refractivity (Wildman–Crippen MR) is 61.8 cm³/mol. The fraction of sp³-hybridized carbons (Fsp3) is 0.917. The number of likely N-dealkylation sites (N-methyl/N-ethyl adjacent to an activating group) is 1. The number of rotatable bonds is 6. The van der Waals surface area contributed by atoms with Gasteiger partial charge in [-0.25, -0.2) is 0 Å². The highest BCUT2D eigenvalue weighted by atomic mass is 16.7.